The molecule has 0 aromatic carbocycles. The zero-order chi connectivity index (χ0) is 11.4. The van der Waals surface area contributed by atoms with Crippen LogP contribution in [0.3, 0.4) is 0 Å². The summed E-state index contributed by atoms with van der Waals surface area (Å²) in [6.45, 7) is 0.332. The predicted octanol–water partition coefficient (Wildman–Crippen LogP) is 1.74. The highest BCUT2D eigenvalue weighted by atomic mass is 32.1. The molecule has 0 fully saturated rings. The van der Waals surface area contributed by atoms with Crippen molar-refractivity contribution in [1.29, 1.82) is 0 Å². The molecule has 16 heavy (non-hydrogen) atoms. The van der Waals surface area contributed by atoms with Crippen molar-refractivity contribution in [2.45, 2.75) is 32.1 Å². The Morgan fingerprint density at radius 2 is 2.19 bits per heavy atom. The number of hydrogen-bond acceptors (Lipinski definition) is 3. The summed E-state index contributed by atoms with van der Waals surface area (Å²) in [5.74, 6) is -0.0490. The first kappa shape index (κ1) is 11.6. The highest BCUT2D eigenvalue weighted by Gasteiger charge is 2.15. The zero-order valence-corrected chi connectivity index (χ0v) is 10.1. The number of amides is 1. The van der Waals surface area contributed by atoms with Gasteiger partial charge in [-0.1, -0.05) is 6.42 Å². The van der Waals surface area contributed by atoms with Crippen LogP contribution in [0.1, 0.15) is 39.4 Å². The molecule has 0 aliphatic heterocycles. The molecule has 3 nitrogen and oxygen atoms in total. The van der Waals surface area contributed by atoms with Crippen molar-refractivity contribution in [3.05, 3.63) is 21.4 Å². The average molecular weight is 239 g/mol. The third-order valence-corrected chi connectivity index (χ3v) is 4.10. The molecule has 0 unspecified atom stereocenters. The SMILES string of the molecule is O=C(NCCO)c1cc2c(s1)CCCCC2. The molecule has 0 atom stereocenters. The van der Waals surface area contributed by atoms with Crippen LogP contribution < -0.4 is 5.32 Å². The van der Waals surface area contributed by atoms with Gasteiger partial charge >= 0.3 is 0 Å². The lowest BCUT2D eigenvalue weighted by Crippen LogP contribution is -2.25. The number of carbonyl (C=O) groups excluding carboxylic acids is 1. The highest BCUT2D eigenvalue weighted by Crippen LogP contribution is 2.28. The average Bonchev–Trinajstić information content (AvgIpc) is 2.58. The van der Waals surface area contributed by atoms with E-state index < -0.39 is 0 Å². The van der Waals surface area contributed by atoms with Gasteiger partial charge in [0.2, 0.25) is 0 Å². The number of thiophene rings is 1. The van der Waals surface area contributed by atoms with E-state index >= 15 is 0 Å². The van der Waals surface area contributed by atoms with E-state index in [1.165, 1.54) is 29.7 Å². The third kappa shape index (κ3) is 2.62. The van der Waals surface area contributed by atoms with Gasteiger partial charge < -0.3 is 10.4 Å². The molecule has 0 spiro atoms. The van der Waals surface area contributed by atoms with E-state index in [2.05, 4.69) is 5.32 Å². The molecule has 0 bridgehead atoms. The number of aryl methyl sites for hydroxylation is 2. The van der Waals surface area contributed by atoms with Crippen molar-refractivity contribution < 1.29 is 9.90 Å². The summed E-state index contributed by atoms with van der Waals surface area (Å²) in [6, 6.07) is 2.03. The maximum atomic E-state index is 11.7. The van der Waals surface area contributed by atoms with Crippen LogP contribution in [0, 0.1) is 0 Å². The number of rotatable bonds is 3. The van der Waals surface area contributed by atoms with Gasteiger partial charge in [0.1, 0.15) is 0 Å². The summed E-state index contributed by atoms with van der Waals surface area (Å²) in [5, 5.41) is 11.3. The first-order valence-corrected chi connectivity index (χ1v) is 6.63. The number of aliphatic hydroxyl groups is 1. The Morgan fingerprint density at radius 3 is 3.00 bits per heavy atom. The van der Waals surface area contributed by atoms with Gasteiger partial charge in [-0.3, -0.25) is 4.79 Å². The van der Waals surface area contributed by atoms with Crippen LogP contribution in [0.2, 0.25) is 0 Å². The molecule has 0 radical (unpaired) electrons. The van der Waals surface area contributed by atoms with Crippen LogP contribution in [0.15, 0.2) is 6.07 Å². The normalized spacial score (nSPS) is 15.3. The molecule has 1 aliphatic rings. The highest BCUT2D eigenvalue weighted by molar-refractivity contribution is 7.14. The molecule has 88 valence electrons. The minimum absolute atomic E-state index is 0.00315. The number of aliphatic hydroxyl groups excluding tert-OH is 1. The lowest BCUT2D eigenvalue weighted by molar-refractivity contribution is 0.0949. The minimum atomic E-state index is -0.0490. The lowest BCUT2D eigenvalue weighted by Gasteiger charge is -1.99. The van der Waals surface area contributed by atoms with Gasteiger partial charge in [0.15, 0.2) is 0 Å². The second-order valence-electron chi connectivity index (χ2n) is 4.10. The van der Waals surface area contributed by atoms with Gasteiger partial charge in [0, 0.05) is 11.4 Å². The molecule has 0 saturated heterocycles. The molecular formula is C12H17NO2S. The molecule has 1 amide bonds. The van der Waals surface area contributed by atoms with E-state index in [0.29, 0.717) is 6.54 Å². The van der Waals surface area contributed by atoms with Crippen LogP contribution in [0.25, 0.3) is 0 Å². The molecule has 2 N–H and O–H groups in total. The Bertz CT molecular complexity index is 350. The van der Waals surface area contributed by atoms with E-state index in [0.717, 1.165) is 17.7 Å². The van der Waals surface area contributed by atoms with Crippen LogP contribution in [0.5, 0.6) is 0 Å². The van der Waals surface area contributed by atoms with E-state index in [1.807, 2.05) is 6.07 Å². The van der Waals surface area contributed by atoms with Gasteiger partial charge in [0.05, 0.1) is 11.5 Å². The Kier molecular flexibility index (Phi) is 3.96. The summed E-state index contributed by atoms with van der Waals surface area (Å²) < 4.78 is 0. The van der Waals surface area contributed by atoms with Crippen molar-refractivity contribution in [3.63, 3.8) is 0 Å². The quantitative estimate of drug-likeness (QED) is 0.789. The number of fused-ring (bicyclic) bond motifs is 1. The first-order valence-electron chi connectivity index (χ1n) is 5.82. The topological polar surface area (TPSA) is 49.3 Å². The third-order valence-electron chi connectivity index (χ3n) is 2.87. The van der Waals surface area contributed by atoms with E-state index in [1.54, 1.807) is 11.3 Å². The van der Waals surface area contributed by atoms with Crippen LogP contribution in [-0.2, 0) is 12.8 Å². The maximum Gasteiger partial charge on any atom is 0.261 e. The Hall–Kier alpha value is -0.870. The minimum Gasteiger partial charge on any atom is -0.395 e. The van der Waals surface area contributed by atoms with E-state index in [4.69, 9.17) is 5.11 Å². The Balaban J connectivity index is 2.08. The summed E-state index contributed by atoms with van der Waals surface area (Å²) in [6.07, 6.45) is 6.01. The fourth-order valence-corrected chi connectivity index (χ4v) is 3.21. The first-order chi connectivity index (χ1) is 7.81. The summed E-state index contributed by atoms with van der Waals surface area (Å²) in [7, 11) is 0. The summed E-state index contributed by atoms with van der Waals surface area (Å²) in [4.78, 5) is 13.9. The fraction of sp³-hybridized carbons (Fsp3) is 0.583. The van der Waals surface area contributed by atoms with Gasteiger partial charge in [-0.15, -0.1) is 11.3 Å². The van der Waals surface area contributed by atoms with Crippen LogP contribution in [0.4, 0.5) is 0 Å². The Labute approximate surface area is 99.5 Å². The van der Waals surface area contributed by atoms with Crippen LogP contribution >= 0.6 is 11.3 Å². The lowest BCUT2D eigenvalue weighted by atomic mass is 10.1. The van der Waals surface area contributed by atoms with E-state index in [-0.39, 0.29) is 12.5 Å². The van der Waals surface area contributed by atoms with Gasteiger partial charge in [-0.2, -0.15) is 0 Å². The molecule has 1 heterocycles. The molecule has 1 aromatic heterocycles. The maximum absolute atomic E-state index is 11.7. The van der Waals surface area contributed by atoms with Crippen molar-refractivity contribution in [3.8, 4) is 0 Å². The van der Waals surface area contributed by atoms with Crippen molar-refractivity contribution in [2.24, 2.45) is 0 Å². The molecule has 1 aliphatic carbocycles. The van der Waals surface area contributed by atoms with Crippen molar-refractivity contribution >= 4 is 17.2 Å². The van der Waals surface area contributed by atoms with Crippen molar-refractivity contribution in [1.82, 2.24) is 5.32 Å². The zero-order valence-electron chi connectivity index (χ0n) is 9.29. The van der Waals surface area contributed by atoms with Gasteiger partial charge in [0.25, 0.3) is 5.91 Å². The molecule has 2 rings (SSSR count). The second kappa shape index (κ2) is 5.46. The van der Waals surface area contributed by atoms with Crippen LogP contribution in [-0.4, -0.2) is 24.2 Å². The Morgan fingerprint density at radius 1 is 1.38 bits per heavy atom. The summed E-state index contributed by atoms with van der Waals surface area (Å²) >= 11 is 1.61. The largest absolute Gasteiger partial charge is 0.395 e. The standard InChI is InChI=1S/C12H17NO2S/c14-7-6-13-12(15)11-8-9-4-2-1-3-5-10(9)16-11/h8,14H,1-7H2,(H,13,15). The second-order valence-corrected chi connectivity index (χ2v) is 5.24. The fourth-order valence-electron chi connectivity index (χ4n) is 2.04. The number of carbonyl (C=O) groups is 1. The summed E-state index contributed by atoms with van der Waals surface area (Å²) in [5.41, 5.74) is 1.36. The molecule has 0 saturated carbocycles. The molecular weight excluding hydrogens is 222 g/mol. The monoisotopic (exact) mass is 239 g/mol. The smallest absolute Gasteiger partial charge is 0.261 e. The number of nitrogens with one attached hydrogen (secondary N) is 1. The van der Waals surface area contributed by atoms with Crippen molar-refractivity contribution in [2.75, 3.05) is 13.2 Å². The van der Waals surface area contributed by atoms with Gasteiger partial charge in [-0.05, 0) is 37.3 Å². The van der Waals surface area contributed by atoms with Gasteiger partial charge in [-0.25, -0.2) is 0 Å². The molecule has 4 heteroatoms. The van der Waals surface area contributed by atoms with E-state index in [9.17, 15) is 4.79 Å². The number of hydrogen-bond donors (Lipinski definition) is 2. The predicted molar refractivity (Wildman–Crippen MR) is 65.0 cm³/mol. The molecule has 1 aromatic rings.